The predicted octanol–water partition coefficient (Wildman–Crippen LogP) is 5.33. The van der Waals surface area contributed by atoms with Gasteiger partial charge >= 0.3 is 6.36 Å². The summed E-state index contributed by atoms with van der Waals surface area (Å²) in [6, 6.07) is 9.11. The van der Waals surface area contributed by atoms with Crippen molar-refractivity contribution in [3.63, 3.8) is 0 Å². The van der Waals surface area contributed by atoms with E-state index in [1.807, 2.05) is 16.8 Å². The minimum atomic E-state index is -4.72. The third kappa shape index (κ3) is 7.98. The van der Waals surface area contributed by atoms with Gasteiger partial charge in [0.15, 0.2) is 0 Å². The van der Waals surface area contributed by atoms with Gasteiger partial charge in [-0.25, -0.2) is 9.97 Å². The summed E-state index contributed by atoms with van der Waals surface area (Å²) in [7, 11) is 0. The minimum absolute atomic E-state index is 0.153. The molecule has 1 aromatic carbocycles. The Labute approximate surface area is 199 Å². The van der Waals surface area contributed by atoms with E-state index in [1.54, 1.807) is 30.7 Å². The van der Waals surface area contributed by atoms with Crippen molar-refractivity contribution in [2.45, 2.75) is 38.8 Å². The summed E-state index contributed by atoms with van der Waals surface area (Å²) >= 11 is 0. The molecule has 0 aliphatic carbocycles. The number of hydrogen-bond donors (Lipinski definition) is 0. The van der Waals surface area contributed by atoms with Crippen LogP contribution in [0.25, 0.3) is 12.2 Å². The maximum atomic E-state index is 12.2. The van der Waals surface area contributed by atoms with Gasteiger partial charge in [-0.2, -0.15) is 5.10 Å². The summed E-state index contributed by atoms with van der Waals surface area (Å²) in [5.74, 6) is 0.428. The van der Waals surface area contributed by atoms with Gasteiger partial charge in [0.2, 0.25) is 11.8 Å². The lowest BCUT2D eigenvalue weighted by Gasteiger charge is -2.08. The van der Waals surface area contributed by atoms with Crippen LogP contribution in [0.3, 0.4) is 0 Å². The molecule has 0 spiro atoms. The fourth-order valence-corrected chi connectivity index (χ4v) is 3.14. The molecule has 3 aromatic heterocycles. The molecular weight excluding hydrogens is 463 g/mol. The van der Waals surface area contributed by atoms with Gasteiger partial charge in [0, 0.05) is 31.1 Å². The molecule has 0 unspecified atom stereocenters. The van der Waals surface area contributed by atoms with Crippen molar-refractivity contribution in [3.05, 3.63) is 84.2 Å². The summed E-state index contributed by atoms with van der Waals surface area (Å²) in [4.78, 5) is 8.31. The first-order chi connectivity index (χ1) is 16.9. The normalized spacial score (nSPS) is 11.7. The first-order valence-corrected chi connectivity index (χ1v) is 10.8. The summed E-state index contributed by atoms with van der Waals surface area (Å²) in [5, 5.41) is 8.29. The van der Waals surface area contributed by atoms with Gasteiger partial charge in [-0.15, -0.1) is 18.3 Å². The summed E-state index contributed by atoms with van der Waals surface area (Å²) < 4.78 is 53.5. The topological polar surface area (TPSA) is 88.1 Å². The maximum Gasteiger partial charge on any atom is 0.573 e. The Hall–Kier alpha value is -4.15. The van der Waals surface area contributed by atoms with Gasteiger partial charge in [0.25, 0.3) is 0 Å². The fraction of sp³-hybridized carbons (Fsp3) is 0.250. The average Bonchev–Trinajstić information content (AvgIpc) is 3.52. The summed E-state index contributed by atoms with van der Waals surface area (Å²) in [6.07, 6.45) is 8.37. The Balaban J connectivity index is 1.20. The third-order valence-corrected chi connectivity index (χ3v) is 4.82. The number of benzene rings is 1. The molecule has 0 N–H and O–H groups in total. The lowest BCUT2D eigenvalue weighted by Crippen LogP contribution is -2.16. The molecular formula is C24H22F3N5O3. The number of aryl methyl sites for hydroxylation is 2. The van der Waals surface area contributed by atoms with E-state index in [4.69, 9.17) is 9.15 Å². The van der Waals surface area contributed by atoms with Crippen LogP contribution < -0.4 is 9.47 Å². The van der Waals surface area contributed by atoms with Crippen molar-refractivity contribution in [2.75, 3.05) is 0 Å². The van der Waals surface area contributed by atoms with Gasteiger partial charge in [-0.1, -0.05) is 12.1 Å². The highest BCUT2D eigenvalue weighted by atomic mass is 19.4. The van der Waals surface area contributed by atoms with E-state index < -0.39 is 6.36 Å². The number of halogens is 3. The molecule has 4 aromatic rings. The molecule has 8 nitrogen and oxygen atoms in total. The van der Waals surface area contributed by atoms with E-state index >= 15 is 0 Å². The Morgan fingerprint density at radius 1 is 0.971 bits per heavy atom. The van der Waals surface area contributed by atoms with E-state index in [9.17, 15) is 13.2 Å². The first kappa shape index (κ1) is 24.0. The zero-order valence-corrected chi connectivity index (χ0v) is 18.6. The number of nitrogens with zero attached hydrogens (tertiary/aromatic N) is 5. The van der Waals surface area contributed by atoms with Crippen molar-refractivity contribution >= 4 is 12.2 Å². The standard InChI is InChI=1S/C24H22F3N5O3/c25-24(26,27)35-21-8-4-18(5-9-21)6-10-22-29-20(15-33-22)16-34-23-11-7-19(30-31-23)3-1-2-13-32-14-12-28-17-32/h4-12,14-15,17H,1-3,13,16H2. The highest BCUT2D eigenvalue weighted by Gasteiger charge is 2.30. The summed E-state index contributed by atoms with van der Waals surface area (Å²) in [6.45, 7) is 1.08. The number of alkyl halides is 3. The van der Waals surface area contributed by atoms with Crippen LogP contribution in [0, 0.1) is 0 Å². The number of aromatic nitrogens is 5. The lowest BCUT2D eigenvalue weighted by atomic mass is 10.2. The van der Waals surface area contributed by atoms with Crippen LogP contribution in [0.5, 0.6) is 11.6 Å². The van der Waals surface area contributed by atoms with Crippen LogP contribution in [0.2, 0.25) is 0 Å². The quantitative estimate of drug-likeness (QED) is 0.265. The maximum absolute atomic E-state index is 12.2. The molecule has 182 valence electrons. The van der Waals surface area contributed by atoms with Gasteiger partial charge in [0.1, 0.15) is 24.3 Å². The zero-order chi connectivity index (χ0) is 24.5. The molecule has 0 bridgehead atoms. The Kier molecular flexibility index (Phi) is 7.76. The second-order valence-corrected chi connectivity index (χ2v) is 7.54. The predicted molar refractivity (Wildman–Crippen MR) is 120 cm³/mol. The molecule has 35 heavy (non-hydrogen) atoms. The minimum Gasteiger partial charge on any atom is -0.470 e. The van der Waals surface area contributed by atoms with Crippen LogP contribution in [0.15, 0.2) is 65.8 Å². The van der Waals surface area contributed by atoms with Gasteiger partial charge in [-0.05, 0) is 49.1 Å². The second-order valence-electron chi connectivity index (χ2n) is 7.54. The first-order valence-electron chi connectivity index (χ1n) is 10.8. The molecule has 0 atom stereocenters. The molecule has 0 radical (unpaired) electrons. The number of rotatable bonds is 11. The van der Waals surface area contributed by atoms with E-state index in [2.05, 4.69) is 24.9 Å². The van der Waals surface area contributed by atoms with Crippen LogP contribution in [0.4, 0.5) is 13.2 Å². The fourth-order valence-electron chi connectivity index (χ4n) is 3.14. The molecule has 0 aliphatic rings. The molecule has 11 heteroatoms. The molecule has 0 saturated heterocycles. The third-order valence-electron chi connectivity index (χ3n) is 4.82. The molecule has 0 fully saturated rings. The van der Waals surface area contributed by atoms with Gasteiger partial charge < -0.3 is 18.5 Å². The molecule has 0 saturated carbocycles. The Morgan fingerprint density at radius 3 is 2.54 bits per heavy atom. The number of hydrogen-bond acceptors (Lipinski definition) is 7. The van der Waals surface area contributed by atoms with Gasteiger partial charge in [0.05, 0.1) is 12.0 Å². The monoisotopic (exact) mass is 485 g/mol. The second kappa shape index (κ2) is 11.3. The van der Waals surface area contributed by atoms with Crippen molar-refractivity contribution in [1.29, 1.82) is 0 Å². The van der Waals surface area contributed by atoms with E-state index in [-0.39, 0.29) is 12.4 Å². The van der Waals surface area contributed by atoms with E-state index in [0.29, 0.717) is 23.0 Å². The SMILES string of the molecule is FC(F)(F)Oc1ccc(C=Cc2nc(COc3ccc(CCCCn4ccnc4)nn3)co2)cc1. The molecule has 3 heterocycles. The van der Waals surface area contributed by atoms with Crippen LogP contribution >= 0.6 is 0 Å². The highest BCUT2D eigenvalue weighted by molar-refractivity contribution is 5.66. The van der Waals surface area contributed by atoms with E-state index in [0.717, 1.165) is 31.5 Å². The summed E-state index contributed by atoms with van der Waals surface area (Å²) in [5.41, 5.74) is 2.12. The zero-order valence-electron chi connectivity index (χ0n) is 18.6. The van der Waals surface area contributed by atoms with Crippen molar-refractivity contribution in [3.8, 4) is 11.6 Å². The Morgan fingerprint density at radius 2 is 1.83 bits per heavy atom. The molecule has 0 aliphatic heterocycles. The lowest BCUT2D eigenvalue weighted by molar-refractivity contribution is -0.274. The van der Waals surface area contributed by atoms with Crippen molar-refractivity contribution in [2.24, 2.45) is 0 Å². The Bertz CT molecular complexity index is 1200. The largest absolute Gasteiger partial charge is 0.573 e. The van der Waals surface area contributed by atoms with E-state index in [1.165, 1.54) is 30.5 Å². The van der Waals surface area contributed by atoms with Crippen LogP contribution in [-0.2, 0) is 19.6 Å². The van der Waals surface area contributed by atoms with Crippen molar-refractivity contribution < 1.29 is 27.1 Å². The molecule has 0 amide bonds. The number of oxazole rings is 1. The smallest absolute Gasteiger partial charge is 0.470 e. The van der Waals surface area contributed by atoms with Crippen LogP contribution in [0.1, 0.15) is 35.7 Å². The number of ether oxygens (including phenoxy) is 2. The average molecular weight is 485 g/mol. The number of unbranched alkanes of at least 4 members (excludes halogenated alkanes) is 1. The molecule has 4 rings (SSSR count). The number of imidazole rings is 1. The van der Waals surface area contributed by atoms with Crippen LogP contribution in [-0.4, -0.2) is 31.1 Å². The highest BCUT2D eigenvalue weighted by Crippen LogP contribution is 2.23. The van der Waals surface area contributed by atoms with Gasteiger partial charge in [-0.3, -0.25) is 0 Å². The van der Waals surface area contributed by atoms with Crippen molar-refractivity contribution in [1.82, 2.24) is 24.7 Å².